The van der Waals surface area contributed by atoms with Gasteiger partial charge in [0.05, 0.1) is 0 Å². The lowest BCUT2D eigenvalue weighted by Crippen LogP contribution is -1.84. The SMILES string of the molecule is CCC(C)=O.CCOCC. The van der Waals surface area contributed by atoms with Crippen molar-refractivity contribution >= 4 is 5.78 Å². The van der Waals surface area contributed by atoms with Gasteiger partial charge in [-0.15, -0.1) is 0 Å². The number of ether oxygens (including phenoxy) is 1. The van der Waals surface area contributed by atoms with E-state index in [-0.39, 0.29) is 5.78 Å². The van der Waals surface area contributed by atoms with E-state index in [2.05, 4.69) is 0 Å². The van der Waals surface area contributed by atoms with E-state index in [1.165, 1.54) is 0 Å². The van der Waals surface area contributed by atoms with Crippen molar-refractivity contribution in [2.45, 2.75) is 34.1 Å². The Labute approximate surface area is 63.6 Å². The van der Waals surface area contributed by atoms with Crippen molar-refractivity contribution in [3.8, 4) is 0 Å². The molecular formula is C8H18O2. The highest BCUT2D eigenvalue weighted by Gasteiger charge is 1.76. The molecule has 0 aromatic carbocycles. The molecule has 0 aliphatic rings. The maximum absolute atomic E-state index is 9.81. The van der Waals surface area contributed by atoms with E-state index in [1.807, 2.05) is 20.8 Å². The number of ketones is 1. The molecule has 0 saturated carbocycles. The Kier molecular flexibility index (Phi) is 14.1. The van der Waals surface area contributed by atoms with Crippen molar-refractivity contribution in [1.29, 1.82) is 0 Å². The molecule has 10 heavy (non-hydrogen) atoms. The fourth-order valence-corrected chi connectivity index (χ4v) is 0.204. The van der Waals surface area contributed by atoms with Gasteiger partial charge < -0.3 is 9.53 Å². The lowest BCUT2D eigenvalue weighted by Gasteiger charge is -1.86. The predicted octanol–water partition coefficient (Wildman–Crippen LogP) is 2.03. The van der Waals surface area contributed by atoms with Gasteiger partial charge >= 0.3 is 0 Å². The summed E-state index contributed by atoms with van der Waals surface area (Å²) >= 11 is 0. The van der Waals surface area contributed by atoms with Gasteiger partial charge in [-0.05, 0) is 20.8 Å². The van der Waals surface area contributed by atoms with Crippen molar-refractivity contribution in [2.75, 3.05) is 13.2 Å². The zero-order valence-electron chi connectivity index (χ0n) is 7.44. The second kappa shape index (κ2) is 11.4. The molecule has 0 N–H and O–H groups in total. The van der Waals surface area contributed by atoms with Gasteiger partial charge in [0.1, 0.15) is 5.78 Å². The molecule has 0 aromatic heterocycles. The Bertz CT molecular complexity index is 67.7. The van der Waals surface area contributed by atoms with Crippen LogP contribution in [0.3, 0.4) is 0 Å². The van der Waals surface area contributed by atoms with Gasteiger partial charge in [-0.2, -0.15) is 0 Å². The van der Waals surface area contributed by atoms with Gasteiger partial charge in [-0.25, -0.2) is 0 Å². The topological polar surface area (TPSA) is 26.3 Å². The molecule has 0 amide bonds. The Morgan fingerprint density at radius 1 is 1.20 bits per heavy atom. The standard InChI is InChI=1S/C4H10O.C4H8O/c1-3-5-4-2;1-3-4(2)5/h3-4H2,1-2H3;3H2,1-2H3. The largest absolute Gasteiger partial charge is 0.382 e. The summed E-state index contributed by atoms with van der Waals surface area (Å²) in [6.07, 6.45) is 0.667. The van der Waals surface area contributed by atoms with Crippen LogP contribution in [-0.4, -0.2) is 19.0 Å². The van der Waals surface area contributed by atoms with Crippen LogP contribution >= 0.6 is 0 Å². The minimum Gasteiger partial charge on any atom is -0.382 e. The van der Waals surface area contributed by atoms with Crippen LogP contribution in [0, 0.1) is 0 Å². The lowest BCUT2D eigenvalue weighted by molar-refractivity contribution is -0.116. The van der Waals surface area contributed by atoms with Crippen LogP contribution in [0.25, 0.3) is 0 Å². The molecule has 0 aliphatic carbocycles. The fourth-order valence-electron chi connectivity index (χ4n) is 0.204. The zero-order valence-corrected chi connectivity index (χ0v) is 7.44. The molecule has 0 aliphatic heterocycles. The van der Waals surface area contributed by atoms with Crippen molar-refractivity contribution < 1.29 is 9.53 Å². The van der Waals surface area contributed by atoms with E-state index in [0.29, 0.717) is 6.42 Å². The normalized spacial score (nSPS) is 8.00. The first kappa shape index (κ1) is 12.3. The van der Waals surface area contributed by atoms with Crippen molar-refractivity contribution in [1.82, 2.24) is 0 Å². The second-order valence-corrected chi connectivity index (χ2v) is 1.84. The molecule has 62 valence electrons. The van der Waals surface area contributed by atoms with Crippen LogP contribution in [0.2, 0.25) is 0 Å². The summed E-state index contributed by atoms with van der Waals surface area (Å²) in [5, 5.41) is 0. The average Bonchev–Trinajstić information content (AvgIpc) is 1.91. The van der Waals surface area contributed by atoms with Crippen LogP contribution in [0.5, 0.6) is 0 Å². The molecule has 0 radical (unpaired) electrons. The molecule has 0 bridgehead atoms. The molecule has 0 spiro atoms. The first-order valence-electron chi connectivity index (χ1n) is 3.76. The molecular weight excluding hydrogens is 128 g/mol. The van der Waals surface area contributed by atoms with Crippen LogP contribution < -0.4 is 0 Å². The quantitative estimate of drug-likeness (QED) is 0.609. The third-order valence-electron chi connectivity index (χ3n) is 0.906. The van der Waals surface area contributed by atoms with Crippen molar-refractivity contribution in [2.24, 2.45) is 0 Å². The Balaban J connectivity index is 0. The first-order chi connectivity index (χ1) is 4.68. The highest BCUT2D eigenvalue weighted by molar-refractivity contribution is 5.74. The monoisotopic (exact) mass is 146 g/mol. The third-order valence-corrected chi connectivity index (χ3v) is 0.906. The molecule has 0 heterocycles. The van der Waals surface area contributed by atoms with Crippen molar-refractivity contribution in [3.05, 3.63) is 0 Å². The van der Waals surface area contributed by atoms with Gasteiger partial charge in [-0.1, -0.05) is 6.92 Å². The average molecular weight is 146 g/mol. The molecule has 0 saturated heterocycles. The molecule has 0 aromatic rings. The number of Topliss-reactive ketones (excluding diaryl/α,β-unsaturated/α-hetero) is 1. The van der Waals surface area contributed by atoms with Gasteiger partial charge in [0.25, 0.3) is 0 Å². The van der Waals surface area contributed by atoms with Crippen molar-refractivity contribution in [3.63, 3.8) is 0 Å². The Hall–Kier alpha value is -0.370. The number of carbonyl (C=O) groups excluding carboxylic acids is 1. The Morgan fingerprint density at radius 2 is 1.50 bits per heavy atom. The van der Waals surface area contributed by atoms with Gasteiger partial charge in [0.15, 0.2) is 0 Å². The summed E-state index contributed by atoms with van der Waals surface area (Å²) in [5.74, 6) is 0.255. The molecule has 0 rings (SSSR count). The minimum absolute atomic E-state index is 0.255. The number of hydrogen-bond donors (Lipinski definition) is 0. The van der Waals surface area contributed by atoms with Gasteiger partial charge in [-0.3, -0.25) is 0 Å². The van der Waals surface area contributed by atoms with E-state index in [4.69, 9.17) is 4.74 Å². The summed E-state index contributed by atoms with van der Waals surface area (Å²) in [7, 11) is 0. The maximum Gasteiger partial charge on any atom is 0.129 e. The van der Waals surface area contributed by atoms with Crippen LogP contribution in [-0.2, 0) is 9.53 Å². The van der Waals surface area contributed by atoms with E-state index in [1.54, 1.807) is 6.92 Å². The van der Waals surface area contributed by atoms with E-state index in [9.17, 15) is 4.79 Å². The molecule has 0 fully saturated rings. The summed E-state index contributed by atoms with van der Waals surface area (Å²) < 4.78 is 4.83. The first-order valence-corrected chi connectivity index (χ1v) is 3.76. The summed E-state index contributed by atoms with van der Waals surface area (Å²) in [5.41, 5.74) is 0. The molecule has 2 heteroatoms. The van der Waals surface area contributed by atoms with Crippen LogP contribution in [0.15, 0.2) is 0 Å². The molecule has 0 unspecified atom stereocenters. The maximum atomic E-state index is 9.81. The highest BCUT2D eigenvalue weighted by atomic mass is 16.5. The highest BCUT2D eigenvalue weighted by Crippen LogP contribution is 1.71. The molecule has 2 nitrogen and oxygen atoms in total. The molecule has 0 atom stereocenters. The van der Waals surface area contributed by atoms with Crippen LogP contribution in [0.1, 0.15) is 34.1 Å². The van der Waals surface area contributed by atoms with E-state index < -0.39 is 0 Å². The Morgan fingerprint density at radius 3 is 1.50 bits per heavy atom. The lowest BCUT2D eigenvalue weighted by atomic mass is 10.4. The summed E-state index contributed by atoms with van der Waals surface area (Å²) in [6, 6.07) is 0. The predicted molar refractivity (Wildman–Crippen MR) is 43.1 cm³/mol. The van der Waals surface area contributed by atoms with Crippen LogP contribution in [0.4, 0.5) is 0 Å². The number of rotatable bonds is 3. The fraction of sp³-hybridized carbons (Fsp3) is 0.875. The third kappa shape index (κ3) is 25.5. The minimum atomic E-state index is 0.255. The second-order valence-electron chi connectivity index (χ2n) is 1.84. The number of hydrogen-bond acceptors (Lipinski definition) is 2. The van der Waals surface area contributed by atoms with Gasteiger partial charge in [0.2, 0.25) is 0 Å². The van der Waals surface area contributed by atoms with Gasteiger partial charge in [0, 0.05) is 19.6 Å². The summed E-state index contributed by atoms with van der Waals surface area (Å²) in [4.78, 5) is 9.81. The van der Waals surface area contributed by atoms with E-state index >= 15 is 0 Å². The summed E-state index contributed by atoms with van der Waals surface area (Å²) in [6.45, 7) is 9.10. The smallest absolute Gasteiger partial charge is 0.129 e. The zero-order chi connectivity index (χ0) is 8.41. The number of carbonyl (C=O) groups is 1. The van der Waals surface area contributed by atoms with E-state index in [0.717, 1.165) is 13.2 Å².